The molecule has 17 heavy (non-hydrogen) atoms. The molecule has 2 aromatic rings. The molecule has 0 unspecified atom stereocenters. The van der Waals surface area contributed by atoms with Gasteiger partial charge in [-0.1, -0.05) is 11.8 Å². The predicted molar refractivity (Wildman–Crippen MR) is 63.2 cm³/mol. The highest BCUT2D eigenvalue weighted by atomic mass is 32.2. The van der Waals surface area contributed by atoms with Gasteiger partial charge in [0.25, 0.3) is 0 Å². The molecule has 1 atom stereocenters. The largest absolute Gasteiger partial charge is 0.389 e. The minimum Gasteiger partial charge on any atom is -0.389 e. The number of aliphatic hydroxyl groups excluding tert-OH is 1. The summed E-state index contributed by atoms with van der Waals surface area (Å²) in [7, 11) is 0. The molecule has 3 nitrogen and oxygen atoms in total. The number of aromatic nitrogens is 2. The Kier molecular flexibility index (Phi) is 3.71. The van der Waals surface area contributed by atoms with Crippen LogP contribution in [0.5, 0.6) is 0 Å². The molecular formula is C12H11FN2OS. The summed E-state index contributed by atoms with van der Waals surface area (Å²) in [5, 5.41) is 10.3. The molecule has 88 valence electrons. The average Bonchev–Trinajstić information content (AvgIpc) is 2.32. The molecule has 1 heterocycles. The van der Waals surface area contributed by atoms with Gasteiger partial charge in [-0.05, 0) is 30.7 Å². The fourth-order valence-electron chi connectivity index (χ4n) is 1.39. The van der Waals surface area contributed by atoms with Gasteiger partial charge in [0.05, 0.1) is 12.3 Å². The Labute approximate surface area is 103 Å². The molecule has 0 aliphatic carbocycles. The Balaban J connectivity index is 2.33. The van der Waals surface area contributed by atoms with Crippen LogP contribution in [0, 0.1) is 5.82 Å². The van der Waals surface area contributed by atoms with Gasteiger partial charge in [0.1, 0.15) is 10.8 Å². The molecule has 0 aliphatic heterocycles. The first-order valence-corrected chi connectivity index (χ1v) is 5.90. The van der Waals surface area contributed by atoms with Gasteiger partial charge in [-0.15, -0.1) is 0 Å². The van der Waals surface area contributed by atoms with Gasteiger partial charge in [-0.3, -0.25) is 4.98 Å². The Hall–Kier alpha value is -1.46. The van der Waals surface area contributed by atoms with E-state index < -0.39 is 6.10 Å². The van der Waals surface area contributed by atoms with Gasteiger partial charge in [-0.2, -0.15) is 0 Å². The molecule has 0 fully saturated rings. The van der Waals surface area contributed by atoms with E-state index in [1.54, 1.807) is 31.6 Å². The second-order valence-corrected chi connectivity index (χ2v) is 4.57. The molecule has 0 radical (unpaired) electrons. The highest BCUT2D eigenvalue weighted by molar-refractivity contribution is 7.99. The second-order valence-electron chi connectivity index (χ2n) is 3.50. The SMILES string of the molecule is C[C@H](O)c1cc(F)ccc1Sc1cnccn1. The van der Waals surface area contributed by atoms with E-state index in [9.17, 15) is 9.50 Å². The van der Waals surface area contributed by atoms with Crippen LogP contribution in [0.1, 0.15) is 18.6 Å². The van der Waals surface area contributed by atoms with Crippen LogP contribution in [-0.4, -0.2) is 15.1 Å². The van der Waals surface area contributed by atoms with E-state index in [0.717, 1.165) is 4.90 Å². The third kappa shape index (κ3) is 3.01. The van der Waals surface area contributed by atoms with Crippen LogP contribution >= 0.6 is 11.8 Å². The number of hydrogen-bond acceptors (Lipinski definition) is 4. The maximum absolute atomic E-state index is 13.1. The maximum atomic E-state index is 13.1. The summed E-state index contributed by atoms with van der Waals surface area (Å²) in [5.74, 6) is -0.357. The van der Waals surface area contributed by atoms with Crippen LogP contribution in [0.15, 0.2) is 46.7 Å². The molecule has 0 aliphatic rings. The molecule has 0 spiro atoms. The first kappa shape index (κ1) is 12.0. The number of benzene rings is 1. The quantitative estimate of drug-likeness (QED) is 0.909. The standard InChI is InChI=1S/C12H11FN2OS/c1-8(16)10-6-9(13)2-3-11(10)17-12-7-14-4-5-15-12/h2-8,16H,1H3/t8-/m0/s1. The molecule has 0 bridgehead atoms. The van der Waals surface area contributed by atoms with Gasteiger partial charge in [0, 0.05) is 17.3 Å². The summed E-state index contributed by atoms with van der Waals surface area (Å²) in [6.07, 6.45) is 4.09. The fourth-order valence-corrected chi connectivity index (χ4v) is 2.33. The zero-order valence-corrected chi connectivity index (χ0v) is 9.99. The lowest BCUT2D eigenvalue weighted by Crippen LogP contribution is -1.95. The van der Waals surface area contributed by atoms with Gasteiger partial charge < -0.3 is 5.11 Å². The first-order valence-electron chi connectivity index (χ1n) is 5.08. The number of rotatable bonds is 3. The normalized spacial score (nSPS) is 12.4. The van der Waals surface area contributed by atoms with E-state index in [1.807, 2.05) is 0 Å². The third-order valence-corrected chi connectivity index (χ3v) is 3.19. The second kappa shape index (κ2) is 5.25. The molecule has 0 amide bonds. The topological polar surface area (TPSA) is 46.0 Å². The molecule has 0 saturated heterocycles. The van der Waals surface area contributed by atoms with Crippen molar-refractivity contribution in [3.05, 3.63) is 48.2 Å². The minimum absolute atomic E-state index is 0.357. The maximum Gasteiger partial charge on any atom is 0.123 e. The highest BCUT2D eigenvalue weighted by Gasteiger charge is 2.11. The summed E-state index contributed by atoms with van der Waals surface area (Å²) >= 11 is 1.35. The average molecular weight is 250 g/mol. The molecule has 2 rings (SSSR count). The molecular weight excluding hydrogens is 239 g/mol. The zero-order valence-electron chi connectivity index (χ0n) is 9.17. The van der Waals surface area contributed by atoms with Crippen molar-refractivity contribution in [3.63, 3.8) is 0 Å². The Morgan fingerprint density at radius 2 is 2.18 bits per heavy atom. The summed E-state index contributed by atoms with van der Waals surface area (Å²) in [5.41, 5.74) is 0.556. The van der Waals surface area contributed by atoms with E-state index in [1.165, 1.54) is 23.9 Å². The lowest BCUT2D eigenvalue weighted by molar-refractivity contribution is 0.196. The lowest BCUT2D eigenvalue weighted by Gasteiger charge is -2.10. The number of aliphatic hydroxyl groups is 1. The van der Waals surface area contributed by atoms with E-state index in [2.05, 4.69) is 9.97 Å². The minimum atomic E-state index is -0.718. The molecule has 1 aromatic heterocycles. The van der Waals surface area contributed by atoms with Crippen molar-refractivity contribution in [1.82, 2.24) is 9.97 Å². The van der Waals surface area contributed by atoms with Crippen molar-refractivity contribution in [2.45, 2.75) is 22.9 Å². The Morgan fingerprint density at radius 1 is 1.35 bits per heavy atom. The summed E-state index contributed by atoms with van der Waals surface area (Å²) in [6, 6.07) is 4.34. The van der Waals surface area contributed by atoms with Crippen LogP contribution < -0.4 is 0 Å². The predicted octanol–water partition coefficient (Wildman–Crippen LogP) is 2.82. The smallest absolute Gasteiger partial charge is 0.123 e. The van der Waals surface area contributed by atoms with E-state index in [4.69, 9.17) is 0 Å². The van der Waals surface area contributed by atoms with Gasteiger partial charge >= 0.3 is 0 Å². The molecule has 5 heteroatoms. The van der Waals surface area contributed by atoms with Crippen molar-refractivity contribution in [1.29, 1.82) is 0 Å². The van der Waals surface area contributed by atoms with E-state index in [-0.39, 0.29) is 5.82 Å². The van der Waals surface area contributed by atoms with Crippen LogP contribution in [0.2, 0.25) is 0 Å². The Morgan fingerprint density at radius 3 is 2.82 bits per heavy atom. The van der Waals surface area contributed by atoms with Crippen LogP contribution in [0.3, 0.4) is 0 Å². The van der Waals surface area contributed by atoms with Gasteiger partial charge in [0.2, 0.25) is 0 Å². The Bertz CT molecular complexity index is 505. The van der Waals surface area contributed by atoms with Gasteiger partial charge in [-0.25, -0.2) is 9.37 Å². The first-order chi connectivity index (χ1) is 8.16. The summed E-state index contributed by atoms with van der Waals surface area (Å²) in [6.45, 7) is 1.61. The number of hydrogen-bond donors (Lipinski definition) is 1. The zero-order chi connectivity index (χ0) is 12.3. The van der Waals surface area contributed by atoms with E-state index >= 15 is 0 Å². The fraction of sp³-hybridized carbons (Fsp3) is 0.167. The number of halogens is 1. The van der Waals surface area contributed by atoms with Gasteiger partial charge in [0.15, 0.2) is 0 Å². The summed E-state index contributed by atoms with van der Waals surface area (Å²) < 4.78 is 13.1. The van der Waals surface area contributed by atoms with Crippen molar-refractivity contribution < 1.29 is 9.50 Å². The molecule has 1 N–H and O–H groups in total. The molecule has 0 saturated carbocycles. The van der Waals surface area contributed by atoms with Crippen LogP contribution in [-0.2, 0) is 0 Å². The van der Waals surface area contributed by atoms with Crippen molar-refractivity contribution in [3.8, 4) is 0 Å². The third-order valence-electron chi connectivity index (χ3n) is 2.18. The van der Waals surface area contributed by atoms with Crippen molar-refractivity contribution in [2.75, 3.05) is 0 Å². The van der Waals surface area contributed by atoms with E-state index in [0.29, 0.717) is 10.6 Å². The molecule has 1 aromatic carbocycles. The van der Waals surface area contributed by atoms with Crippen LogP contribution in [0.4, 0.5) is 4.39 Å². The highest BCUT2D eigenvalue weighted by Crippen LogP contribution is 2.32. The number of nitrogens with zero attached hydrogens (tertiary/aromatic N) is 2. The monoisotopic (exact) mass is 250 g/mol. The van der Waals surface area contributed by atoms with Crippen molar-refractivity contribution in [2.24, 2.45) is 0 Å². The summed E-state index contributed by atoms with van der Waals surface area (Å²) in [4.78, 5) is 8.85. The van der Waals surface area contributed by atoms with Crippen molar-refractivity contribution >= 4 is 11.8 Å². The lowest BCUT2D eigenvalue weighted by atomic mass is 10.1. The van der Waals surface area contributed by atoms with Crippen LogP contribution in [0.25, 0.3) is 0 Å².